The van der Waals surface area contributed by atoms with Crippen molar-refractivity contribution in [1.29, 1.82) is 0 Å². The van der Waals surface area contributed by atoms with Crippen molar-refractivity contribution in [3.63, 3.8) is 0 Å². The molecule has 3 heterocycles. The van der Waals surface area contributed by atoms with Crippen LogP contribution in [0, 0.1) is 16.0 Å². The molecule has 3 aromatic rings. The van der Waals surface area contributed by atoms with E-state index < -0.39 is 23.1 Å². The molecule has 1 saturated heterocycles. The van der Waals surface area contributed by atoms with E-state index >= 15 is 0 Å². The Hall–Kier alpha value is -4.95. The fourth-order valence-corrected chi connectivity index (χ4v) is 7.20. The number of non-ortho nitro benzene ring substituents is 1. The number of nitro groups is 1. The lowest BCUT2D eigenvalue weighted by atomic mass is 9.80. The van der Waals surface area contributed by atoms with Crippen LogP contribution >= 0.6 is 0 Å². The van der Waals surface area contributed by atoms with Crippen molar-refractivity contribution in [2.45, 2.75) is 82.7 Å². The second kappa shape index (κ2) is 16.2. The number of halogens is 3. The minimum Gasteiger partial charge on any atom is -0.475 e. The van der Waals surface area contributed by atoms with Gasteiger partial charge in [-0.05, 0) is 56.1 Å². The molecule has 15 heteroatoms. The van der Waals surface area contributed by atoms with E-state index in [2.05, 4.69) is 34.1 Å². The number of aromatic nitrogens is 2. The maximum absolute atomic E-state index is 14.2. The Balaban J connectivity index is 0.000000630. The molecule has 268 valence electrons. The third kappa shape index (κ3) is 8.61. The number of alkyl halides is 3. The van der Waals surface area contributed by atoms with E-state index in [0.717, 1.165) is 64.3 Å². The second-order valence-electron chi connectivity index (χ2n) is 12.9. The van der Waals surface area contributed by atoms with Crippen LogP contribution in [0.5, 0.6) is 0 Å². The monoisotopic (exact) mass is 698 g/mol. The largest absolute Gasteiger partial charge is 0.490 e. The van der Waals surface area contributed by atoms with Crippen molar-refractivity contribution in [2.24, 2.45) is 5.92 Å². The van der Waals surface area contributed by atoms with Gasteiger partial charge in [-0.15, -0.1) is 0 Å². The van der Waals surface area contributed by atoms with E-state index in [-0.39, 0.29) is 29.6 Å². The Labute approximate surface area is 287 Å². The predicted octanol–water partition coefficient (Wildman–Crippen LogP) is 5.92. The smallest absolute Gasteiger partial charge is 0.475 e. The Morgan fingerprint density at radius 1 is 0.980 bits per heavy atom. The van der Waals surface area contributed by atoms with E-state index in [4.69, 9.17) is 9.90 Å². The third-order valence-corrected chi connectivity index (χ3v) is 9.59. The van der Waals surface area contributed by atoms with Gasteiger partial charge < -0.3 is 24.4 Å². The summed E-state index contributed by atoms with van der Waals surface area (Å²) < 4.78 is 33.8. The number of nitrogens with zero attached hydrogens (tertiary/aromatic N) is 6. The van der Waals surface area contributed by atoms with Gasteiger partial charge in [-0.25, -0.2) is 9.78 Å². The standard InChI is InChI=1S/C33H40N6O4.C2HF3O2/c40-32-28-22-27(39(42)43)15-16-29(28)37(20-9-18-35-21-17-34-24-35)30-23-36(19-8-7-12-25-10-3-1-4-11-25)33(41)31(38(30)32)26-13-5-2-6-14-26;3-2(4,5)1(6)7/h1,3-4,10-11,15-17,21-22,24,26,30-31H,2,5-9,12-14,18-20,23H2;(H,6,7)/t30?,31-;/m0./s1. The summed E-state index contributed by atoms with van der Waals surface area (Å²) in [6.45, 7) is 2.49. The molecule has 0 spiro atoms. The number of anilines is 1. The number of hydrogen-bond acceptors (Lipinski definition) is 7. The highest BCUT2D eigenvalue weighted by Gasteiger charge is 2.51. The first-order valence-electron chi connectivity index (χ1n) is 16.9. The molecule has 2 atom stereocenters. The molecule has 50 heavy (non-hydrogen) atoms. The Morgan fingerprint density at radius 3 is 2.34 bits per heavy atom. The second-order valence-corrected chi connectivity index (χ2v) is 12.9. The topological polar surface area (TPSA) is 142 Å². The maximum atomic E-state index is 14.2. The van der Waals surface area contributed by atoms with Crippen LogP contribution in [-0.2, 0) is 22.6 Å². The van der Waals surface area contributed by atoms with Gasteiger partial charge in [-0.1, -0.05) is 49.6 Å². The zero-order valence-electron chi connectivity index (χ0n) is 27.6. The van der Waals surface area contributed by atoms with E-state index in [9.17, 15) is 32.9 Å². The van der Waals surface area contributed by atoms with Crippen LogP contribution in [0.25, 0.3) is 0 Å². The molecule has 1 unspecified atom stereocenters. The molecular formula is C35H41F3N6O6. The maximum Gasteiger partial charge on any atom is 0.490 e. The number of nitro benzene ring substituents is 1. The van der Waals surface area contributed by atoms with Crippen LogP contribution in [0.1, 0.15) is 67.3 Å². The Bertz CT molecular complexity index is 1630. The highest BCUT2D eigenvalue weighted by Crippen LogP contribution is 2.41. The van der Waals surface area contributed by atoms with E-state index in [1.807, 2.05) is 26.6 Å². The average molecular weight is 699 g/mol. The van der Waals surface area contributed by atoms with Crippen molar-refractivity contribution < 1.29 is 37.6 Å². The zero-order chi connectivity index (χ0) is 35.8. The van der Waals surface area contributed by atoms with Crippen LogP contribution < -0.4 is 4.90 Å². The van der Waals surface area contributed by atoms with Gasteiger partial charge >= 0.3 is 12.1 Å². The van der Waals surface area contributed by atoms with Gasteiger partial charge in [0.1, 0.15) is 12.2 Å². The summed E-state index contributed by atoms with van der Waals surface area (Å²) in [7, 11) is 0. The molecule has 12 nitrogen and oxygen atoms in total. The number of hydrogen-bond donors (Lipinski definition) is 1. The summed E-state index contributed by atoms with van der Waals surface area (Å²) >= 11 is 0. The van der Waals surface area contributed by atoms with Gasteiger partial charge in [0.05, 0.1) is 29.0 Å². The first-order valence-corrected chi connectivity index (χ1v) is 16.9. The predicted molar refractivity (Wildman–Crippen MR) is 177 cm³/mol. The number of fused-ring (bicyclic) bond motifs is 2. The summed E-state index contributed by atoms with van der Waals surface area (Å²) in [6, 6.07) is 14.5. The molecule has 1 saturated carbocycles. The number of carbonyl (C=O) groups is 3. The van der Waals surface area contributed by atoms with E-state index in [1.165, 1.54) is 17.7 Å². The molecule has 3 aliphatic rings. The lowest BCUT2D eigenvalue weighted by molar-refractivity contribution is -0.384. The van der Waals surface area contributed by atoms with Gasteiger partial charge in [0, 0.05) is 44.2 Å². The molecule has 0 bridgehead atoms. The van der Waals surface area contributed by atoms with Crippen molar-refractivity contribution in [3.05, 3.63) is 88.5 Å². The van der Waals surface area contributed by atoms with Gasteiger partial charge in [-0.2, -0.15) is 13.2 Å². The SMILES string of the molecule is O=C(O)C(F)(F)F.O=C1[C@H](C2CCCCC2)N2C(=O)c3cc([N+](=O)[O-])ccc3N(CCCn3ccnc3)C2CN1CCCCc1ccccc1. The highest BCUT2D eigenvalue weighted by molar-refractivity contribution is 6.05. The number of imidazole rings is 1. The third-order valence-electron chi connectivity index (χ3n) is 9.59. The molecule has 6 rings (SSSR count). The first kappa shape index (κ1) is 36.3. The van der Waals surface area contributed by atoms with Gasteiger partial charge in [0.15, 0.2) is 0 Å². The molecule has 2 aliphatic heterocycles. The fourth-order valence-electron chi connectivity index (χ4n) is 7.20. The number of piperazine rings is 1. The molecular weight excluding hydrogens is 657 g/mol. The van der Waals surface area contributed by atoms with Crippen LogP contribution in [0.4, 0.5) is 24.5 Å². The van der Waals surface area contributed by atoms with Crippen LogP contribution in [0.15, 0.2) is 67.3 Å². The fraction of sp³-hybridized carbons (Fsp3) is 0.486. The highest BCUT2D eigenvalue weighted by atomic mass is 19.4. The van der Waals surface area contributed by atoms with Crippen LogP contribution in [0.2, 0.25) is 0 Å². The summed E-state index contributed by atoms with van der Waals surface area (Å²) in [6.07, 6.45) is 8.79. The number of carboxylic acids is 1. The molecule has 1 aromatic heterocycles. The average Bonchev–Trinajstić information content (AvgIpc) is 3.62. The Morgan fingerprint density at radius 2 is 1.70 bits per heavy atom. The summed E-state index contributed by atoms with van der Waals surface area (Å²) in [5.41, 5.74) is 2.22. The lowest BCUT2D eigenvalue weighted by Gasteiger charge is -2.55. The summed E-state index contributed by atoms with van der Waals surface area (Å²) in [4.78, 5) is 58.8. The van der Waals surface area contributed by atoms with Gasteiger partial charge in [-0.3, -0.25) is 19.7 Å². The van der Waals surface area contributed by atoms with Gasteiger partial charge in [0.25, 0.3) is 11.6 Å². The first-order chi connectivity index (χ1) is 24.0. The summed E-state index contributed by atoms with van der Waals surface area (Å²) in [5.74, 6) is -2.90. The molecule has 1 aliphatic carbocycles. The van der Waals surface area contributed by atoms with Crippen LogP contribution in [0.3, 0.4) is 0 Å². The van der Waals surface area contributed by atoms with E-state index in [0.29, 0.717) is 30.9 Å². The van der Waals surface area contributed by atoms with Crippen molar-refractivity contribution in [1.82, 2.24) is 19.4 Å². The number of benzene rings is 2. The molecule has 2 aromatic carbocycles. The number of carboxylic acid groups (broad SMARTS) is 1. The number of carbonyl (C=O) groups excluding carboxylic acids is 2. The van der Waals surface area contributed by atoms with Crippen LogP contribution in [-0.4, -0.2) is 85.2 Å². The van der Waals surface area contributed by atoms with E-state index in [1.54, 1.807) is 18.6 Å². The number of amides is 2. The summed E-state index contributed by atoms with van der Waals surface area (Å²) in [5, 5.41) is 18.8. The van der Waals surface area contributed by atoms with Gasteiger partial charge in [0.2, 0.25) is 5.91 Å². The number of unbranched alkanes of at least 4 members (excludes halogenated alkanes) is 1. The number of aliphatic carboxylic acids is 1. The van der Waals surface area contributed by atoms with Crippen molar-refractivity contribution in [2.75, 3.05) is 24.5 Å². The van der Waals surface area contributed by atoms with Crippen molar-refractivity contribution >= 4 is 29.2 Å². The lowest BCUT2D eigenvalue weighted by Crippen LogP contribution is -2.71. The van der Waals surface area contributed by atoms with Crippen molar-refractivity contribution in [3.8, 4) is 0 Å². The minimum absolute atomic E-state index is 0.0310. The number of aryl methyl sites for hydroxylation is 2. The molecule has 2 amide bonds. The number of rotatable bonds is 11. The molecule has 1 N–H and O–H groups in total. The normalized spacial score (nSPS) is 19.4. The zero-order valence-corrected chi connectivity index (χ0v) is 27.6. The molecule has 2 fully saturated rings. The quantitative estimate of drug-likeness (QED) is 0.148. The molecule has 0 radical (unpaired) electrons. The Kier molecular flexibility index (Phi) is 11.8. The minimum atomic E-state index is -5.08.